The Kier molecular flexibility index (Phi) is 10.1. The van der Waals surface area contributed by atoms with Gasteiger partial charge in [-0.3, -0.25) is 29.3 Å². The Morgan fingerprint density at radius 1 is 0.906 bits per heavy atom. The van der Waals surface area contributed by atoms with Crippen LogP contribution in [0.1, 0.15) is 30.7 Å². The molecule has 176 valence electrons. The lowest BCUT2D eigenvalue weighted by atomic mass is 10.1. The molecule has 0 saturated carbocycles. The quantitative estimate of drug-likeness (QED) is 0.445. The monoisotopic (exact) mass is 444 g/mol. The van der Waals surface area contributed by atoms with Crippen molar-refractivity contribution in [2.45, 2.75) is 32.4 Å². The second-order valence-electron chi connectivity index (χ2n) is 8.59. The third-order valence-electron chi connectivity index (χ3n) is 6.16. The van der Waals surface area contributed by atoms with Gasteiger partial charge in [-0.15, -0.1) is 0 Å². The molecule has 0 aromatic carbocycles. The van der Waals surface area contributed by atoms with Gasteiger partial charge in [0.05, 0.1) is 24.5 Å². The van der Waals surface area contributed by atoms with E-state index in [2.05, 4.69) is 20.0 Å². The summed E-state index contributed by atoms with van der Waals surface area (Å²) in [5.74, 6) is 0.194. The van der Waals surface area contributed by atoms with E-state index in [0.29, 0.717) is 32.7 Å². The lowest BCUT2D eigenvalue weighted by molar-refractivity contribution is -0.133. The number of likely N-dealkylation sites (tertiary alicyclic amines) is 1. The Hall–Kier alpha value is -2.36. The van der Waals surface area contributed by atoms with E-state index in [9.17, 15) is 14.4 Å². The summed E-state index contributed by atoms with van der Waals surface area (Å²) >= 11 is 0. The van der Waals surface area contributed by atoms with E-state index in [1.807, 2.05) is 23.1 Å². The van der Waals surface area contributed by atoms with Crippen molar-refractivity contribution in [1.82, 2.24) is 29.9 Å². The van der Waals surface area contributed by atoms with E-state index in [1.165, 1.54) is 6.42 Å². The number of piperidine rings is 1. The number of nitrogens with zero attached hydrogens (tertiary/aromatic N) is 5. The number of hydrogen-bond donors (Lipinski definition) is 1. The first-order valence-electron chi connectivity index (χ1n) is 11.7. The van der Waals surface area contributed by atoms with E-state index >= 15 is 0 Å². The highest BCUT2D eigenvalue weighted by atomic mass is 16.2. The summed E-state index contributed by atoms with van der Waals surface area (Å²) < 4.78 is 0. The summed E-state index contributed by atoms with van der Waals surface area (Å²) in [6, 6.07) is 6.00. The zero-order valence-corrected chi connectivity index (χ0v) is 19.0. The van der Waals surface area contributed by atoms with Crippen LogP contribution in [-0.2, 0) is 27.5 Å². The topological polar surface area (TPSA) is 89.1 Å². The molecule has 2 amide bonds. The number of carbonyl (C=O) groups excluding carboxylic acids is 3. The normalized spacial score (nSPS) is 19.6. The maximum absolute atomic E-state index is 12.9. The van der Waals surface area contributed by atoms with Crippen LogP contribution in [0.15, 0.2) is 18.2 Å². The molecule has 32 heavy (non-hydrogen) atoms. The summed E-state index contributed by atoms with van der Waals surface area (Å²) in [5, 5.41) is 2.73. The minimum Gasteiger partial charge on any atom is -0.357 e. The summed E-state index contributed by atoms with van der Waals surface area (Å²) in [6.07, 6.45) is 5.03. The number of fused-ring (bicyclic) bond motifs is 2. The number of aromatic nitrogens is 1. The maximum Gasteiger partial charge on any atom is 0.236 e. The molecule has 2 aliphatic rings. The van der Waals surface area contributed by atoms with Crippen molar-refractivity contribution in [1.29, 1.82) is 0 Å². The van der Waals surface area contributed by atoms with Crippen molar-refractivity contribution in [3.8, 4) is 0 Å². The molecule has 3 heterocycles. The number of nitrogens with one attached hydrogen (secondary N) is 1. The van der Waals surface area contributed by atoms with E-state index in [1.54, 1.807) is 0 Å². The lowest BCUT2D eigenvalue weighted by Gasteiger charge is -2.32. The van der Waals surface area contributed by atoms with Crippen LogP contribution in [0.4, 0.5) is 0 Å². The molecule has 9 nitrogen and oxygen atoms in total. The van der Waals surface area contributed by atoms with Crippen molar-refractivity contribution >= 4 is 18.6 Å². The fourth-order valence-corrected chi connectivity index (χ4v) is 4.34. The average Bonchev–Trinajstić information content (AvgIpc) is 2.80. The van der Waals surface area contributed by atoms with Crippen LogP contribution in [0.2, 0.25) is 0 Å². The van der Waals surface area contributed by atoms with Gasteiger partial charge in [0, 0.05) is 65.4 Å². The number of amides is 2. The van der Waals surface area contributed by atoms with Gasteiger partial charge >= 0.3 is 0 Å². The SMILES string of the molecule is O=CCN1CCN(CCNC=O)CCN(CC(=O)N2CCCCC2)Cc2cccc(n2)C1. The molecule has 1 aromatic heterocycles. The highest BCUT2D eigenvalue weighted by Gasteiger charge is 2.21. The second kappa shape index (κ2) is 13.2. The highest BCUT2D eigenvalue weighted by molar-refractivity contribution is 5.78. The number of pyridine rings is 1. The Balaban J connectivity index is 1.73. The molecule has 0 atom stereocenters. The van der Waals surface area contributed by atoms with Gasteiger partial charge in [-0.05, 0) is 31.4 Å². The highest BCUT2D eigenvalue weighted by Crippen LogP contribution is 2.12. The standard InChI is InChI=1S/C23H36N6O3/c30-16-15-27-13-11-26(10-7-24-20-31)12-14-28(18-22-6-4-5-21(17-27)25-22)19-23(32)29-8-2-1-3-9-29/h4-6,16,20H,1-3,7-15,17-19H2,(H,24,31). The van der Waals surface area contributed by atoms with Gasteiger partial charge in [-0.25, -0.2) is 0 Å². The molecule has 1 fully saturated rings. The molecule has 3 rings (SSSR count). The third kappa shape index (κ3) is 7.96. The molecule has 1 saturated heterocycles. The smallest absolute Gasteiger partial charge is 0.236 e. The number of aldehydes is 1. The minimum atomic E-state index is 0.194. The predicted octanol–water partition coefficient (Wildman–Crippen LogP) is -0.0414. The maximum atomic E-state index is 12.9. The molecule has 1 N–H and O–H groups in total. The van der Waals surface area contributed by atoms with E-state index < -0.39 is 0 Å². The van der Waals surface area contributed by atoms with Gasteiger partial charge in [-0.1, -0.05) is 6.07 Å². The van der Waals surface area contributed by atoms with Gasteiger partial charge in [0.2, 0.25) is 12.3 Å². The Bertz CT molecular complexity index is 740. The zero-order chi connectivity index (χ0) is 22.6. The molecule has 2 aliphatic heterocycles. The average molecular weight is 445 g/mol. The largest absolute Gasteiger partial charge is 0.357 e. The molecule has 0 spiro atoms. The fourth-order valence-electron chi connectivity index (χ4n) is 4.34. The number of hydrogen-bond acceptors (Lipinski definition) is 7. The minimum absolute atomic E-state index is 0.194. The predicted molar refractivity (Wildman–Crippen MR) is 122 cm³/mol. The summed E-state index contributed by atoms with van der Waals surface area (Å²) in [7, 11) is 0. The zero-order valence-electron chi connectivity index (χ0n) is 19.0. The molecular formula is C23H36N6O3. The van der Waals surface area contributed by atoms with Crippen molar-refractivity contribution in [2.75, 3.05) is 65.4 Å². The van der Waals surface area contributed by atoms with E-state index in [0.717, 1.165) is 82.7 Å². The van der Waals surface area contributed by atoms with Crippen LogP contribution < -0.4 is 5.32 Å². The van der Waals surface area contributed by atoms with Crippen LogP contribution in [0, 0.1) is 0 Å². The molecule has 0 unspecified atom stereocenters. The first-order chi connectivity index (χ1) is 15.7. The number of carbonyl (C=O) groups is 3. The summed E-state index contributed by atoms with van der Waals surface area (Å²) in [5.41, 5.74) is 1.87. The van der Waals surface area contributed by atoms with Gasteiger partial charge in [0.25, 0.3) is 0 Å². The summed E-state index contributed by atoms with van der Waals surface area (Å²) in [4.78, 5) is 48.1. The van der Waals surface area contributed by atoms with E-state index in [-0.39, 0.29) is 5.91 Å². The summed E-state index contributed by atoms with van der Waals surface area (Å²) in [6.45, 7) is 8.03. The number of rotatable bonds is 8. The Labute approximate surface area is 190 Å². The van der Waals surface area contributed by atoms with E-state index in [4.69, 9.17) is 4.98 Å². The van der Waals surface area contributed by atoms with Gasteiger partial charge in [0.1, 0.15) is 6.29 Å². The molecule has 0 aliphatic carbocycles. The first-order valence-corrected chi connectivity index (χ1v) is 11.7. The lowest BCUT2D eigenvalue weighted by Crippen LogP contribution is -2.46. The van der Waals surface area contributed by atoms with Crippen LogP contribution >= 0.6 is 0 Å². The van der Waals surface area contributed by atoms with Gasteiger partial charge in [-0.2, -0.15) is 0 Å². The van der Waals surface area contributed by atoms with Crippen molar-refractivity contribution < 1.29 is 14.4 Å². The third-order valence-corrected chi connectivity index (χ3v) is 6.16. The molecular weight excluding hydrogens is 408 g/mol. The Morgan fingerprint density at radius 2 is 1.56 bits per heavy atom. The van der Waals surface area contributed by atoms with Crippen LogP contribution in [0.25, 0.3) is 0 Å². The van der Waals surface area contributed by atoms with Crippen LogP contribution in [0.5, 0.6) is 0 Å². The molecule has 0 radical (unpaired) electrons. The van der Waals surface area contributed by atoms with Crippen LogP contribution in [-0.4, -0.2) is 109 Å². The second-order valence-corrected chi connectivity index (χ2v) is 8.59. The van der Waals surface area contributed by atoms with Crippen molar-refractivity contribution in [3.63, 3.8) is 0 Å². The Morgan fingerprint density at radius 3 is 2.25 bits per heavy atom. The van der Waals surface area contributed by atoms with Crippen molar-refractivity contribution in [2.24, 2.45) is 0 Å². The van der Waals surface area contributed by atoms with Crippen molar-refractivity contribution in [3.05, 3.63) is 29.6 Å². The first kappa shape index (κ1) is 24.3. The molecule has 2 bridgehead atoms. The van der Waals surface area contributed by atoms with Crippen LogP contribution in [0.3, 0.4) is 0 Å². The molecule has 1 aromatic rings. The fraction of sp³-hybridized carbons (Fsp3) is 0.652. The molecule has 9 heteroatoms. The van der Waals surface area contributed by atoms with Gasteiger partial charge in [0.15, 0.2) is 0 Å². The van der Waals surface area contributed by atoms with Gasteiger partial charge < -0.3 is 15.0 Å².